The first-order valence-corrected chi connectivity index (χ1v) is 13.4. The zero-order valence-electron chi connectivity index (χ0n) is 21.1. The normalized spacial score (nSPS) is 33.9. The van der Waals surface area contributed by atoms with Gasteiger partial charge in [-0.25, -0.2) is 0 Å². The molecule has 1 spiro atoms. The van der Waals surface area contributed by atoms with Crippen LogP contribution < -0.4 is 4.90 Å². The molecule has 7 atom stereocenters. The summed E-state index contributed by atoms with van der Waals surface area (Å²) in [5.74, 6) is -3.18. The van der Waals surface area contributed by atoms with Gasteiger partial charge in [0.25, 0.3) is 5.91 Å². The van der Waals surface area contributed by atoms with Crippen LogP contribution in [0.5, 0.6) is 0 Å². The highest BCUT2D eigenvalue weighted by Crippen LogP contribution is 2.54. The number of carbonyl (C=O) groups excluding carboxylic acids is 3. The number of aliphatic hydroxyl groups is 1. The van der Waals surface area contributed by atoms with Gasteiger partial charge in [0.2, 0.25) is 5.91 Å². The van der Waals surface area contributed by atoms with Crippen LogP contribution in [0, 0.1) is 17.8 Å². The van der Waals surface area contributed by atoms with Crippen molar-refractivity contribution in [1.29, 1.82) is 0 Å². The standard InChI is InChI=1S/C28H33ClN2O6/c1-3-17(2)20(16-32)31-24-26(34)30(19-11-7-6-10-18(19)29)14-9-13-28(24)23(25(31)33)22-21(37-28)12-5-4-8-15-36-27(22)35/h5-7,9-13,17,20-24,32H,3-4,8,14-16H2,1-2H3/b12-5-/t17-,20-,21-,22+,23-,24?,28-/m0/s1. The van der Waals surface area contributed by atoms with Crippen molar-refractivity contribution in [3.8, 4) is 0 Å². The first kappa shape index (κ1) is 25.9. The van der Waals surface area contributed by atoms with E-state index in [1.165, 1.54) is 4.90 Å². The number of anilines is 1. The van der Waals surface area contributed by atoms with Crippen LogP contribution in [0.3, 0.4) is 0 Å². The molecule has 2 amide bonds. The molecular formula is C28H33ClN2O6. The summed E-state index contributed by atoms with van der Waals surface area (Å²) in [4.78, 5) is 45.1. The number of rotatable bonds is 5. The summed E-state index contributed by atoms with van der Waals surface area (Å²) in [6.45, 7) is 4.08. The molecule has 9 heteroatoms. The maximum atomic E-state index is 14.4. The Labute approximate surface area is 221 Å². The fourth-order valence-corrected chi connectivity index (χ4v) is 6.49. The van der Waals surface area contributed by atoms with Gasteiger partial charge in [0.15, 0.2) is 0 Å². The average Bonchev–Trinajstić information content (AvgIpc) is 3.30. The van der Waals surface area contributed by atoms with E-state index in [1.807, 2.05) is 32.1 Å². The van der Waals surface area contributed by atoms with Crippen molar-refractivity contribution >= 4 is 35.1 Å². The van der Waals surface area contributed by atoms with E-state index in [4.69, 9.17) is 21.1 Å². The molecule has 1 N–H and O–H groups in total. The van der Waals surface area contributed by atoms with Crippen LogP contribution in [-0.2, 0) is 23.9 Å². The number of aliphatic hydroxyl groups excluding tert-OH is 1. The van der Waals surface area contributed by atoms with E-state index in [-0.39, 0.29) is 37.5 Å². The lowest BCUT2D eigenvalue weighted by Gasteiger charge is -2.40. The van der Waals surface area contributed by atoms with E-state index in [1.54, 1.807) is 35.2 Å². The highest BCUT2D eigenvalue weighted by molar-refractivity contribution is 6.34. The van der Waals surface area contributed by atoms with Crippen LogP contribution in [-0.4, -0.2) is 71.3 Å². The number of likely N-dealkylation sites (tertiary alicyclic amines) is 1. The largest absolute Gasteiger partial charge is 0.465 e. The summed E-state index contributed by atoms with van der Waals surface area (Å²) in [5, 5.41) is 10.9. The number of allylic oxidation sites excluding steroid dienone is 1. The van der Waals surface area contributed by atoms with Crippen molar-refractivity contribution in [1.82, 2.24) is 4.90 Å². The van der Waals surface area contributed by atoms with E-state index < -0.39 is 41.6 Å². The monoisotopic (exact) mass is 528 g/mol. The second kappa shape index (κ2) is 10.2. The van der Waals surface area contributed by atoms with Crippen LogP contribution >= 0.6 is 11.6 Å². The number of esters is 1. The van der Waals surface area contributed by atoms with E-state index in [2.05, 4.69) is 0 Å². The number of halogens is 1. The van der Waals surface area contributed by atoms with Crippen LogP contribution in [0.1, 0.15) is 33.1 Å². The van der Waals surface area contributed by atoms with Crippen molar-refractivity contribution < 1.29 is 29.0 Å². The predicted molar refractivity (Wildman–Crippen MR) is 138 cm³/mol. The Hall–Kier alpha value is -2.68. The molecule has 0 bridgehead atoms. The molecule has 2 saturated heterocycles. The van der Waals surface area contributed by atoms with Crippen molar-refractivity contribution in [2.75, 3.05) is 24.7 Å². The maximum absolute atomic E-state index is 14.4. The number of nitrogens with zero attached hydrogens (tertiary/aromatic N) is 2. The Bertz CT molecular complexity index is 1140. The second-order valence-corrected chi connectivity index (χ2v) is 10.7. The molecule has 0 aliphatic carbocycles. The van der Waals surface area contributed by atoms with Crippen LogP contribution in [0.4, 0.5) is 5.69 Å². The molecular weight excluding hydrogens is 496 g/mol. The highest BCUT2D eigenvalue weighted by Gasteiger charge is 2.72. The minimum Gasteiger partial charge on any atom is -0.465 e. The number of amides is 2. The molecule has 5 rings (SSSR count). The van der Waals surface area contributed by atoms with Crippen LogP contribution in [0.2, 0.25) is 5.02 Å². The third-order valence-electron chi connectivity index (χ3n) is 8.28. The molecule has 2 fully saturated rings. The average molecular weight is 529 g/mol. The summed E-state index contributed by atoms with van der Waals surface area (Å²) >= 11 is 6.49. The number of fused-ring (bicyclic) bond motifs is 2. The molecule has 198 valence electrons. The van der Waals surface area contributed by atoms with Crippen LogP contribution in [0.15, 0.2) is 48.6 Å². The number of para-hydroxylation sites is 1. The molecule has 0 aromatic heterocycles. The van der Waals surface area contributed by atoms with E-state index in [9.17, 15) is 19.5 Å². The summed E-state index contributed by atoms with van der Waals surface area (Å²) in [5.41, 5.74) is -0.862. The van der Waals surface area contributed by atoms with E-state index in [0.717, 1.165) is 6.42 Å². The van der Waals surface area contributed by atoms with Gasteiger partial charge in [0, 0.05) is 6.54 Å². The molecule has 1 aromatic carbocycles. The van der Waals surface area contributed by atoms with E-state index >= 15 is 0 Å². The molecule has 4 heterocycles. The molecule has 0 saturated carbocycles. The first-order chi connectivity index (χ1) is 17.9. The fourth-order valence-electron chi connectivity index (χ4n) is 6.25. The van der Waals surface area contributed by atoms with Gasteiger partial charge in [-0.1, -0.05) is 68.3 Å². The summed E-state index contributed by atoms with van der Waals surface area (Å²) in [6.07, 6.45) is 8.75. The predicted octanol–water partition coefficient (Wildman–Crippen LogP) is 3.12. The zero-order valence-corrected chi connectivity index (χ0v) is 21.8. The van der Waals surface area contributed by atoms with Crippen molar-refractivity contribution in [2.45, 2.75) is 56.9 Å². The van der Waals surface area contributed by atoms with Gasteiger partial charge in [-0.15, -0.1) is 0 Å². The fraction of sp³-hybridized carbons (Fsp3) is 0.536. The van der Waals surface area contributed by atoms with Gasteiger partial charge in [0.1, 0.15) is 17.6 Å². The summed E-state index contributed by atoms with van der Waals surface area (Å²) in [6, 6.07) is 5.35. The topological polar surface area (TPSA) is 96.4 Å². The van der Waals surface area contributed by atoms with E-state index in [0.29, 0.717) is 23.6 Å². The summed E-state index contributed by atoms with van der Waals surface area (Å²) in [7, 11) is 0. The summed E-state index contributed by atoms with van der Waals surface area (Å²) < 4.78 is 12.2. The number of hydrogen-bond acceptors (Lipinski definition) is 6. The Morgan fingerprint density at radius 2 is 1.97 bits per heavy atom. The molecule has 1 aromatic rings. The molecule has 4 aliphatic rings. The minimum atomic E-state index is -1.39. The SMILES string of the molecule is CC[C@H](C)[C@H](CO)N1C(=O)[C@@H]2[C@@H]3C(=O)OCCC/C=C\[C@@H]3O[C@@]23C=CCN(c2ccccc2Cl)C(=O)C13. The Morgan fingerprint density at radius 1 is 1.19 bits per heavy atom. The number of cyclic esters (lactones) is 1. The van der Waals surface area contributed by atoms with Crippen LogP contribution in [0.25, 0.3) is 0 Å². The quantitative estimate of drug-likeness (QED) is 0.466. The Kier molecular flexibility index (Phi) is 7.18. The molecule has 37 heavy (non-hydrogen) atoms. The third-order valence-corrected chi connectivity index (χ3v) is 8.60. The number of hydrogen-bond donors (Lipinski definition) is 1. The highest BCUT2D eigenvalue weighted by atomic mass is 35.5. The number of carbonyl (C=O) groups is 3. The Morgan fingerprint density at radius 3 is 2.70 bits per heavy atom. The smallest absolute Gasteiger partial charge is 0.312 e. The Balaban J connectivity index is 1.67. The lowest BCUT2D eigenvalue weighted by Crippen LogP contribution is -2.59. The number of ether oxygens (including phenoxy) is 2. The molecule has 0 radical (unpaired) electrons. The lowest BCUT2D eigenvalue weighted by atomic mass is 9.78. The van der Waals surface area contributed by atoms with Gasteiger partial charge in [-0.3, -0.25) is 14.4 Å². The third kappa shape index (κ3) is 4.10. The van der Waals surface area contributed by atoms with Gasteiger partial charge < -0.3 is 24.4 Å². The van der Waals surface area contributed by atoms with Crippen molar-refractivity contribution in [3.63, 3.8) is 0 Å². The van der Waals surface area contributed by atoms with Gasteiger partial charge >= 0.3 is 5.97 Å². The molecule has 4 aliphatic heterocycles. The van der Waals surface area contributed by atoms with Crippen molar-refractivity contribution in [3.05, 3.63) is 53.6 Å². The lowest BCUT2D eigenvalue weighted by molar-refractivity contribution is -0.155. The zero-order chi connectivity index (χ0) is 26.3. The van der Waals surface area contributed by atoms with Gasteiger partial charge in [-0.2, -0.15) is 0 Å². The molecule has 8 nitrogen and oxygen atoms in total. The van der Waals surface area contributed by atoms with Gasteiger partial charge in [0.05, 0.1) is 42.0 Å². The maximum Gasteiger partial charge on any atom is 0.312 e. The minimum absolute atomic E-state index is 0.0956. The second-order valence-electron chi connectivity index (χ2n) is 10.3. The molecule has 1 unspecified atom stereocenters. The number of benzene rings is 1. The van der Waals surface area contributed by atoms with Crippen molar-refractivity contribution in [2.24, 2.45) is 17.8 Å². The first-order valence-electron chi connectivity index (χ1n) is 13.0. The van der Waals surface area contributed by atoms with Gasteiger partial charge in [-0.05, 0) is 30.9 Å².